The first kappa shape index (κ1) is 19.3. The zero-order valence-electron chi connectivity index (χ0n) is 15.3. The van der Waals surface area contributed by atoms with Gasteiger partial charge < -0.3 is 10.1 Å². The maximum absolute atomic E-state index is 12.3. The van der Waals surface area contributed by atoms with Crippen LogP contribution in [-0.4, -0.2) is 57.2 Å². The third kappa shape index (κ3) is 5.28. The van der Waals surface area contributed by atoms with Crippen molar-refractivity contribution in [1.29, 1.82) is 0 Å². The van der Waals surface area contributed by atoms with Crippen molar-refractivity contribution in [2.45, 2.75) is 32.1 Å². The fraction of sp³-hybridized carbons (Fsp3) is 0.632. The molecule has 26 heavy (non-hydrogen) atoms. The van der Waals surface area contributed by atoms with Gasteiger partial charge in [-0.2, -0.15) is 4.31 Å². The molecule has 1 saturated heterocycles. The van der Waals surface area contributed by atoms with Gasteiger partial charge in [-0.1, -0.05) is 29.8 Å². The number of nitrogens with zero attached hydrogens (tertiary/aromatic N) is 1. The Balaban J connectivity index is 1.49. The Bertz CT molecular complexity index is 708. The van der Waals surface area contributed by atoms with Crippen LogP contribution in [0.15, 0.2) is 24.3 Å². The number of carbonyl (C=O) groups is 1. The number of amides is 1. The molecular weight excluding hydrogens is 352 g/mol. The third-order valence-electron chi connectivity index (χ3n) is 5.15. The number of sulfonamides is 1. The molecule has 144 valence electrons. The highest BCUT2D eigenvalue weighted by Gasteiger charge is 2.33. The van der Waals surface area contributed by atoms with E-state index in [9.17, 15) is 13.2 Å². The number of carbonyl (C=O) groups excluding carboxylic acids is 1. The summed E-state index contributed by atoms with van der Waals surface area (Å²) in [6.45, 7) is 3.87. The van der Waals surface area contributed by atoms with Crippen molar-refractivity contribution in [3.8, 4) is 0 Å². The standard InChI is InChI=1S/C19H28N2O4S/c1-15-2-4-16(5-3-15)18(17-6-7-17)14-19(22)20-8-13-26(23,24)21-9-11-25-12-10-21/h2-5,17-18H,6-14H2,1H3,(H,20,22). The molecule has 1 heterocycles. The molecule has 7 heteroatoms. The number of nitrogens with one attached hydrogen (secondary N) is 1. The van der Waals surface area contributed by atoms with Crippen LogP contribution in [0.2, 0.25) is 0 Å². The van der Waals surface area contributed by atoms with Gasteiger partial charge in [0, 0.05) is 26.1 Å². The predicted octanol–water partition coefficient (Wildman–Crippen LogP) is 1.66. The van der Waals surface area contributed by atoms with Gasteiger partial charge in [-0.15, -0.1) is 0 Å². The zero-order chi connectivity index (χ0) is 18.6. The van der Waals surface area contributed by atoms with Crippen molar-refractivity contribution in [2.75, 3.05) is 38.6 Å². The number of hydrogen-bond donors (Lipinski definition) is 1. The lowest BCUT2D eigenvalue weighted by atomic mass is 9.90. The van der Waals surface area contributed by atoms with Crippen LogP contribution >= 0.6 is 0 Å². The molecule has 1 amide bonds. The first-order valence-electron chi connectivity index (χ1n) is 9.34. The van der Waals surface area contributed by atoms with Gasteiger partial charge in [0.05, 0.1) is 19.0 Å². The van der Waals surface area contributed by atoms with E-state index in [-0.39, 0.29) is 24.1 Å². The molecule has 1 unspecified atom stereocenters. The van der Waals surface area contributed by atoms with E-state index in [1.54, 1.807) is 0 Å². The Morgan fingerprint density at radius 2 is 1.88 bits per heavy atom. The van der Waals surface area contributed by atoms with Crippen LogP contribution in [0.3, 0.4) is 0 Å². The lowest BCUT2D eigenvalue weighted by Gasteiger charge is -2.26. The molecule has 3 rings (SSSR count). The quantitative estimate of drug-likeness (QED) is 0.744. The molecule has 0 bridgehead atoms. The number of benzene rings is 1. The molecule has 1 saturated carbocycles. The molecule has 0 spiro atoms. The predicted molar refractivity (Wildman–Crippen MR) is 100 cm³/mol. The number of rotatable bonds is 8. The van der Waals surface area contributed by atoms with Crippen molar-refractivity contribution < 1.29 is 17.9 Å². The Labute approximate surface area is 156 Å². The van der Waals surface area contributed by atoms with E-state index in [2.05, 4.69) is 36.5 Å². The number of hydrogen-bond acceptors (Lipinski definition) is 4. The smallest absolute Gasteiger partial charge is 0.220 e. The average molecular weight is 381 g/mol. The van der Waals surface area contributed by atoms with Crippen LogP contribution in [0.25, 0.3) is 0 Å². The van der Waals surface area contributed by atoms with Gasteiger partial charge in [-0.25, -0.2) is 8.42 Å². The third-order valence-corrected chi connectivity index (χ3v) is 7.02. The fourth-order valence-corrected chi connectivity index (χ4v) is 4.74. The SMILES string of the molecule is Cc1ccc(C(CC(=O)NCCS(=O)(=O)N2CCOCC2)C2CC2)cc1. The Hall–Kier alpha value is -1.44. The molecule has 1 aliphatic carbocycles. The van der Waals surface area contributed by atoms with E-state index < -0.39 is 10.0 Å². The van der Waals surface area contributed by atoms with Crippen LogP contribution < -0.4 is 5.32 Å². The topological polar surface area (TPSA) is 75.7 Å². The second-order valence-corrected chi connectivity index (χ2v) is 9.32. The molecule has 1 N–H and O–H groups in total. The van der Waals surface area contributed by atoms with Crippen LogP contribution in [0.1, 0.15) is 36.3 Å². The highest BCUT2D eigenvalue weighted by Crippen LogP contribution is 2.44. The van der Waals surface area contributed by atoms with E-state index >= 15 is 0 Å². The summed E-state index contributed by atoms with van der Waals surface area (Å²) in [5.41, 5.74) is 2.41. The number of aryl methyl sites for hydroxylation is 1. The van der Waals surface area contributed by atoms with Crippen LogP contribution in [0.5, 0.6) is 0 Å². The first-order valence-corrected chi connectivity index (χ1v) is 11.0. The van der Waals surface area contributed by atoms with Crippen molar-refractivity contribution >= 4 is 15.9 Å². The summed E-state index contributed by atoms with van der Waals surface area (Å²) in [4.78, 5) is 12.3. The monoisotopic (exact) mass is 380 g/mol. The van der Waals surface area contributed by atoms with E-state index in [4.69, 9.17) is 4.74 Å². The molecule has 1 atom stereocenters. The van der Waals surface area contributed by atoms with E-state index in [1.807, 2.05) is 0 Å². The Morgan fingerprint density at radius 1 is 1.23 bits per heavy atom. The van der Waals surface area contributed by atoms with Gasteiger partial charge in [-0.05, 0) is 37.2 Å². The average Bonchev–Trinajstić information content (AvgIpc) is 3.46. The molecule has 1 aliphatic heterocycles. The van der Waals surface area contributed by atoms with Crippen molar-refractivity contribution in [1.82, 2.24) is 9.62 Å². The molecule has 0 radical (unpaired) electrons. The summed E-state index contributed by atoms with van der Waals surface area (Å²) in [5.74, 6) is 0.670. The second-order valence-electron chi connectivity index (χ2n) is 7.24. The molecule has 1 aromatic carbocycles. The summed E-state index contributed by atoms with van der Waals surface area (Å²) in [6.07, 6.45) is 2.75. The minimum atomic E-state index is -3.33. The Kier molecular flexibility index (Phi) is 6.32. The molecular formula is C19H28N2O4S. The van der Waals surface area contributed by atoms with Gasteiger partial charge in [0.2, 0.25) is 15.9 Å². The van der Waals surface area contributed by atoms with E-state index in [0.29, 0.717) is 38.6 Å². The summed E-state index contributed by atoms with van der Waals surface area (Å²) in [7, 11) is -3.33. The largest absolute Gasteiger partial charge is 0.379 e. The highest BCUT2D eigenvalue weighted by atomic mass is 32.2. The normalized spacial score (nSPS) is 19.9. The van der Waals surface area contributed by atoms with Crippen LogP contribution in [0, 0.1) is 12.8 Å². The van der Waals surface area contributed by atoms with E-state index in [1.165, 1.54) is 15.4 Å². The van der Waals surface area contributed by atoms with Gasteiger partial charge >= 0.3 is 0 Å². The van der Waals surface area contributed by atoms with Gasteiger partial charge in [0.15, 0.2) is 0 Å². The van der Waals surface area contributed by atoms with Crippen LogP contribution in [0.4, 0.5) is 0 Å². The number of ether oxygens (including phenoxy) is 1. The maximum atomic E-state index is 12.3. The fourth-order valence-electron chi connectivity index (χ4n) is 3.41. The molecule has 2 fully saturated rings. The van der Waals surface area contributed by atoms with Crippen molar-refractivity contribution in [3.63, 3.8) is 0 Å². The van der Waals surface area contributed by atoms with Crippen molar-refractivity contribution in [2.24, 2.45) is 5.92 Å². The molecule has 1 aromatic rings. The summed E-state index contributed by atoms with van der Waals surface area (Å²) >= 11 is 0. The minimum absolute atomic E-state index is 0.0582. The van der Waals surface area contributed by atoms with Crippen LogP contribution in [-0.2, 0) is 19.6 Å². The van der Waals surface area contributed by atoms with Crippen molar-refractivity contribution in [3.05, 3.63) is 35.4 Å². The summed E-state index contributed by atoms with van der Waals surface area (Å²) < 4.78 is 31.2. The second kappa shape index (κ2) is 8.50. The number of morpholine rings is 1. The van der Waals surface area contributed by atoms with Gasteiger partial charge in [0.25, 0.3) is 0 Å². The summed E-state index contributed by atoms with van der Waals surface area (Å²) in [6, 6.07) is 8.37. The molecule has 2 aliphatic rings. The zero-order valence-corrected chi connectivity index (χ0v) is 16.1. The van der Waals surface area contributed by atoms with E-state index in [0.717, 1.165) is 12.8 Å². The lowest BCUT2D eigenvalue weighted by Crippen LogP contribution is -2.43. The Morgan fingerprint density at radius 3 is 2.50 bits per heavy atom. The lowest BCUT2D eigenvalue weighted by molar-refractivity contribution is -0.121. The molecule has 6 nitrogen and oxygen atoms in total. The minimum Gasteiger partial charge on any atom is -0.379 e. The summed E-state index contributed by atoms with van der Waals surface area (Å²) in [5, 5.41) is 2.80. The molecule has 0 aromatic heterocycles. The van der Waals surface area contributed by atoms with Gasteiger partial charge in [0.1, 0.15) is 0 Å². The highest BCUT2D eigenvalue weighted by molar-refractivity contribution is 7.89. The van der Waals surface area contributed by atoms with Gasteiger partial charge in [-0.3, -0.25) is 4.79 Å². The first-order chi connectivity index (χ1) is 12.5. The maximum Gasteiger partial charge on any atom is 0.220 e.